The van der Waals surface area contributed by atoms with Gasteiger partial charge in [-0.15, -0.1) is 34.2 Å². The second-order valence-electron chi connectivity index (χ2n) is 7.12. The number of hydrogen-bond donors (Lipinski definition) is 1. The van der Waals surface area contributed by atoms with E-state index >= 15 is 0 Å². The van der Waals surface area contributed by atoms with Crippen LogP contribution in [-0.4, -0.2) is 58.5 Å². The summed E-state index contributed by atoms with van der Waals surface area (Å²) in [6.07, 6.45) is 4.71. The van der Waals surface area contributed by atoms with Crippen molar-refractivity contribution in [3.8, 4) is 0 Å². The van der Waals surface area contributed by atoms with Crippen LogP contribution in [-0.2, 0) is 18.3 Å². The standard InChI is InChI=1S/C17H30N6O.HI/c1-4-5-8-18-16(19-11-15-21-20-14(2)22(15)3)23-9-6-17(12-23)7-10-24-13-17;/h4-13H2,1-3H3,(H,18,19);1H. The monoisotopic (exact) mass is 462 g/mol. The summed E-state index contributed by atoms with van der Waals surface area (Å²) >= 11 is 0. The summed E-state index contributed by atoms with van der Waals surface area (Å²) in [5.41, 5.74) is 0.342. The Hall–Kier alpha value is -0.900. The number of guanidine groups is 1. The van der Waals surface area contributed by atoms with E-state index < -0.39 is 0 Å². The molecular weight excluding hydrogens is 431 g/mol. The third-order valence-corrected chi connectivity index (χ3v) is 5.29. The van der Waals surface area contributed by atoms with Crippen LogP contribution in [0.2, 0.25) is 0 Å². The summed E-state index contributed by atoms with van der Waals surface area (Å²) in [5, 5.41) is 11.9. The van der Waals surface area contributed by atoms with Crippen molar-refractivity contribution < 1.29 is 4.74 Å². The molecule has 2 aliphatic heterocycles. The molecule has 0 bridgehead atoms. The summed E-state index contributed by atoms with van der Waals surface area (Å²) < 4.78 is 7.65. The van der Waals surface area contributed by atoms with Crippen LogP contribution in [0.5, 0.6) is 0 Å². The van der Waals surface area contributed by atoms with Gasteiger partial charge in [-0.1, -0.05) is 13.3 Å². The summed E-state index contributed by atoms with van der Waals surface area (Å²) in [4.78, 5) is 7.24. The van der Waals surface area contributed by atoms with E-state index in [4.69, 9.17) is 9.73 Å². The first-order valence-electron chi connectivity index (χ1n) is 9.09. The number of aliphatic imine (C=N–C) groups is 1. The van der Waals surface area contributed by atoms with E-state index in [0.29, 0.717) is 12.0 Å². The van der Waals surface area contributed by atoms with Crippen molar-refractivity contribution in [2.24, 2.45) is 17.5 Å². The molecule has 0 radical (unpaired) electrons. The largest absolute Gasteiger partial charge is 0.381 e. The summed E-state index contributed by atoms with van der Waals surface area (Å²) in [6, 6.07) is 0. The zero-order chi connectivity index (χ0) is 17.0. The van der Waals surface area contributed by atoms with Gasteiger partial charge in [0.25, 0.3) is 0 Å². The van der Waals surface area contributed by atoms with Crippen LogP contribution in [0.15, 0.2) is 4.99 Å². The number of ether oxygens (including phenoxy) is 1. The highest BCUT2D eigenvalue weighted by atomic mass is 127. The minimum Gasteiger partial charge on any atom is -0.381 e. The van der Waals surface area contributed by atoms with Gasteiger partial charge in [-0.05, 0) is 26.2 Å². The van der Waals surface area contributed by atoms with Crippen molar-refractivity contribution in [1.29, 1.82) is 0 Å². The fourth-order valence-electron chi connectivity index (χ4n) is 3.47. The lowest BCUT2D eigenvalue weighted by atomic mass is 9.87. The van der Waals surface area contributed by atoms with Crippen molar-refractivity contribution >= 4 is 29.9 Å². The molecule has 1 N–H and O–H groups in total. The first kappa shape index (κ1) is 20.4. The van der Waals surface area contributed by atoms with Crippen LogP contribution >= 0.6 is 24.0 Å². The molecule has 7 nitrogen and oxygen atoms in total. The molecule has 0 saturated carbocycles. The molecule has 1 atom stereocenters. The molecule has 0 aliphatic carbocycles. The van der Waals surface area contributed by atoms with E-state index in [1.54, 1.807) is 0 Å². The molecule has 1 aromatic rings. The fraction of sp³-hybridized carbons (Fsp3) is 0.824. The van der Waals surface area contributed by atoms with Gasteiger partial charge >= 0.3 is 0 Å². The van der Waals surface area contributed by atoms with Crippen LogP contribution in [0, 0.1) is 12.3 Å². The lowest BCUT2D eigenvalue weighted by Crippen LogP contribution is -2.42. The highest BCUT2D eigenvalue weighted by molar-refractivity contribution is 14.0. The Morgan fingerprint density at radius 3 is 2.84 bits per heavy atom. The molecule has 2 fully saturated rings. The topological polar surface area (TPSA) is 67.6 Å². The summed E-state index contributed by atoms with van der Waals surface area (Å²) in [7, 11) is 1.99. The van der Waals surface area contributed by atoms with Gasteiger partial charge in [0, 0.05) is 38.7 Å². The predicted molar refractivity (Wildman–Crippen MR) is 109 cm³/mol. The van der Waals surface area contributed by atoms with Crippen molar-refractivity contribution in [2.75, 3.05) is 32.8 Å². The van der Waals surface area contributed by atoms with Crippen molar-refractivity contribution in [2.45, 2.75) is 46.1 Å². The van der Waals surface area contributed by atoms with Crippen LogP contribution in [0.3, 0.4) is 0 Å². The second-order valence-corrected chi connectivity index (χ2v) is 7.12. The number of likely N-dealkylation sites (tertiary alicyclic amines) is 1. The highest BCUT2D eigenvalue weighted by Gasteiger charge is 2.42. The van der Waals surface area contributed by atoms with Gasteiger partial charge < -0.3 is 19.5 Å². The minimum absolute atomic E-state index is 0. The van der Waals surface area contributed by atoms with Crippen molar-refractivity contribution in [3.05, 3.63) is 11.6 Å². The first-order valence-corrected chi connectivity index (χ1v) is 9.09. The molecule has 1 aromatic heterocycles. The van der Waals surface area contributed by atoms with Gasteiger partial charge in [-0.2, -0.15) is 0 Å². The molecule has 2 aliphatic rings. The Bertz CT molecular complexity index is 582. The Balaban J connectivity index is 0.00000225. The number of nitrogens with zero attached hydrogens (tertiary/aromatic N) is 5. The summed E-state index contributed by atoms with van der Waals surface area (Å²) in [6.45, 7) is 9.60. The molecule has 1 spiro atoms. The Morgan fingerprint density at radius 1 is 1.36 bits per heavy atom. The molecule has 2 saturated heterocycles. The molecule has 8 heteroatoms. The van der Waals surface area contributed by atoms with Crippen LogP contribution in [0.4, 0.5) is 0 Å². The third-order valence-electron chi connectivity index (χ3n) is 5.29. The summed E-state index contributed by atoms with van der Waals surface area (Å²) in [5.74, 6) is 2.83. The number of unbranched alkanes of at least 4 members (excludes halogenated alkanes) is 1. The smallest absolute Gasteiger partial charge is 0.194 e. The maximum absolute atomic E-state index is 5.65. The molecule has 142 valence electrons. The number of halogens is 1. The number of hydrogen-bond acceptors (Lipinski definition) is 4. The van der Waals surface area contributed by atoms with E-state index in [2.05, 4.69) is 27.3 Å². The van der Waals surface area contributed by atoms with E-state index in [9.17, 15) is 0 Å². The zero-order valence-electron chi connectivity index (χ0n) is 15.6. The van der Waals surface area contributed by atoms with Gasteiger partial charge in [0.1, 0.15) is 12.4 Å². The average molecular weight is 462 g/mol. The quantitative estimate of drug-likeness (QED) is 0.314. The average Bonchev–Trinajstić information content (AvgIpc) is 3.29. The van der Waals surface area contributed by atoms with E-state index in [1.807, 2.05) is 18.5 Å². The number of aryl methyl sites for hydroxylation is 1. The molecule has 0 aromatic carbocycles. The van der Waals surface area contributed by atoms with Gasteiger partial charge in [0.2, 0.25) is 0 Å². The van der Waals surface area contributed by atoms with Crippen LogP contribution < -0.4 is 5.32 Å². The van der Waals surface area contributed by atoms with Gasteiger partial charge in [0.05, 0.1) is 6.61 Å². The minimum atomic E-state index is 0. The maximum Gasteiger partial charge on any atom is 0.194 e. The fourth-order valence-corrected chi connectivity index (χ4v) is 3.47. The Morgan fingerprint density at radius 2 is 2.20 bits per heavy atom. The molecule has 0 amide bonds. The Labute approximate surface area is 167 Å². The van der Waals surface area contributed by atoms with E-state index in [1.165, 1.54) is 19.3 Å². The molecule has 3 heterocycles. The zero-order valence-corrected chi connectivity index (χ0v) is 18.0. The Kier molecular flexibility index (Phi) is 7.48. The van der Waals surface area contributed by atoms with Crippen molar-refractivity contribution in [3.63, 3.8) is 0 Å². The normalized spacial score (nSPS) is 23.3. The first-order chi connectivity index (χ1) is 11.6. The molecule has 3 rings (SSSR count). The van der Waals surface area contributed by atoms with Crippen molar-refractivity contribution in [1.82, 2.24) is 25.0 Å². The van der Waals surface area contributed by atoms with E-state index in [0.717, 1.165) is 56.9 Å². The molecular formula is C17H31IN6O. The van der Waals surface area contributed by atoms with Gasteiger partial charge in [0.15, 0.2) is 11.8 Å². The predicted octanol–water partition coefficient (Wildman–Crippen LogP) is 2.10. The lowest BCUT2D eigenvalue weighted by molar-refractivity contribution is 0.156. The van der Waals surface area contributed by atoms with Crippen LogP contribution in [0.1, 0.15) is 44.3 Å². The second kappa shape index (κ2) is 9.16. The maximum atomic E-state index is 5.65. The SMILES string of the molecule is CCCCNC(=NCc1nnc(C)n1C)N1CCC2(CCOC2)C1.I. The van der Waals surface area contributed by atoms with Crippen LogP contribution in [0.25, 0.3) is 0 Å². The van der Waals surface area contributed by atoms with Gasteiger partial charge in [-0.25, -0.2) is 4.99 Å². The molecule has 25 heavy (non-hydrogen) atoms. The van der Waals surface area contributed by atoms with Gasteiger partial charge in [-0.3, -0.25) is 0 Å². The number of rotatable bonds is 5. The number of nitrogens with one attached hydrogen (secondary N) is 1. The van der Waals surface area contributed by atoms with E-state index in [-0.39, 0.29) is 24.0 Å². The lowest BCUT2D eigenvalue weighted by Gasteiger charge is -2.25. The highest BCUT2D eigenvalue weighted by Crippen LogP contribution is 2.38. The molecule has 1 unspecified atom stereocenters. The third kappa shape index (κ3) is 4.84. The number of aromatic nitrogens is 3.